The van der Waals surface area contributed by atoms with E-state index in [4.69, 9.17) is 14.2 Å². The number of imidazole rings is 1. The van der Waals surface area contributed by atoms with E-state index in [0.717, 1.165) is 66.6 Å². The first-order valence-electron chi connectivity index (χ1n) is 12.8. The first-order chi connectivity index (χ1) is 18.0. The lowest BCUT2D eigenvalue weighted by atomic mass is 10.1. The molecule has 37 heavy (non-hydrogen) atoms. The fourth-order valence-corrected chi connectivity index (χ4v) is 5.50. The van der Waals surface area contributed by atoms with Crippen LogP contribution in [0.3, 0.4) is 0 Å². The topological polar surface area (TPSA) is 76.6 Å². The van der Waals surface area contributed by atoms with Gasteiger partial charge in [-0.3, -0.25) is 9.69 Å². The third-order valence-electron chi connectivity index (χ3n) is 7.48. The summed E-state index contributed by atoms with van der Waals surface area (Å²) in [6.45, 7) is 8.09. The number of hydrogen-bond donors (Lipinski definition) is 0. The van der Waals surface area contributed by atoms with Crippen LogP contribution in [0.15, 0.2) is 53.2 Å². The van der Waals surface area contributed by atoms with Gasteiger partial charge in [0.2, 0.25) is 5.91 Å². The molecule has 0 radical (unpaired) electrons. The summed E-state index contributed by atoms with van der Waals surface area (Å²) in [6.07, 6.45) is 3.10. The van der Waals surface area contributed by atoms with Crippen LogP contribution in [-0.2, 0) is 16.1 Å². The monoisotopic (exact) mass is 503 g/mol. The van der Waals surface area contributed by atoms with Crippen molar-refractivity contribution in [2.75, 3.05) is 31.2 Å². The van der Waals surface area contributed by atoms with Crippen molar-refractivity contribution in [3.63, 3.8) is 0 Å². The average molecular weight is 504 g/mol. The molecule has 6 rings (SSSR count). The number of anilines is 1. The van der Waals surface area contributed by atoms with Crippen molar-refractivity contribution >= 4 is 22.6 Å². The molecule has 4 heterocycles. The van der Waals surface area contributed by atoms with Crippen LogP contribution in [0.2, 0.25) is 0 Å². The number of fused-ring (bicyclic) bond motifs is 1. The molecule has 2 atom stereocenters. The van der Waals surface area contributed by atoms with Gasteiger partial charge in [-0.05, 0) is 56.7 Å². The lowest BCUT2D eigenvalue weighted by molar-refractivity contribution is -0.117. The number of aryl methyl sites for hydroxylation is 1. The number of aromatic nitrogens is 3. The Kier molecular flexibility index (Phi) is 6.26. The van der Waals surface area contributed by atoms with Crippen molar-refractivity contribution in [2.24, 2.45) is 0 Å². The fraction of sp³-hybridized carbons (Fsp3) is 0.393. The summed E-state index contributed by atoms with van der Waals surface area (Å²) in [5.74, 6) is 0.431. The molecule has 8 nitrogen and oxygen atoms in total. The third-order valence-corrected chi connectivity index (χ3v) is 7.48. The second-order valence-electron chi connectivity index (χ2n) is 9.91. The average Bonchev–Trinajstić information content (AvgIpc) is 3.61. The second kappa shape index (κ2) is 9.72. The van der Waals surface area contributed by atoms with Crippen molar-refractivity contribution in [3.05, 3.63) is 66.0 Å². The Labute approximate surface area is 214 Å². The van der Waals surface area contributed by atoms with Gasteiger partial charge in [-0.1, -0.05) is 11.2 Å². The van der Waals surface area contributed by atoms with E-state index >= 15 is 0 Å². The Morgan fingerprint density at radius 3 is 2.81 bits per heavy atom. The van der Waals surface area contributed by atoms with E-state index in [-0.39, 0.29) is 23.8 Å². The van der Waals surface area contributed by atoms with Gasteiger partial charge in [0.1, 0.15) is 11.6 Å². The molecule has 0 spiro atoms. The Morgan fingerprint density at radius 1 is 1.16 bits per heavy atom. The first-order valence-corrected chi connectivity index (χ1v) is 12.8. The van der Waals surface area contributed by atoms with Crippen molar-refractivity contribution in [2.45, 2.75) is 45.3 Å². The maximum Gasteiger partial charge on any atom is 0.227 e. The maximum atomic E-state index is 14.1. The Morgan fingerprint density at radius 2 is 2.00 bits per heavy atom. The van der Waals surface area contributed by atoms with Crippen LogP contribution in [0.5, 0.6) is 0 Å². The lowest BCUT2D eigenvalue weighted by Gasteiger charge is -2.33. The first kappa shape index (κ1) is 23.8. The zero-order chi connectivity index (χ0) is 25.5. The summed E-state index contributed by atoms with van der Waals surface area (Å²) < 4.78 is 27.2. The van der Waals surface area contributed by atoms with Crippen molar-refractivity contribution in [1.29, 1.82) is 0 Å². The van der Waals surface area contributed by atoms with Gasteiger partial charge in [0.25, 0.3) is 0 Å². The van der Waals surface area contributed by atoms with E-state index < -0.39 is 0 Å². The van der Waals surface area contributed by atoms with Crippen molar-refractivity contribution in [1.82, 2.24) is 19.6 Å². The minimum Gasteiger partial charge on any atom is -0.379 e. The number of rotatable bonds is 6. The normalized spacial score (nSPS) is 19.7. The summed E-state index contributed by atoms with van der Waals surface area (Å²) in [4.78, 5) is 22.2. The number of benzene rings is 2. The number of ether oxygens (including phenoxy) is 1. The largest absolute Gasteiger partial charge is 0.379 e. The molecule has 2 aliphatic rings. The predicted octanol–water partition coefficient (Wildman–Crippen LogP) is 4.73. The molecule has 2 fully saturated rings. The number of nitrogens with zero attached hydrogens (tertiary/aromatic N) is 5. The van der Waals surface area contributed by atoms with Gasteiger partial charge in [0.05, 0.1) is 30.6 Å². The molecule has 0 N–H and O–H groups in total. The fourth-order valence-electron chi connectivity index (χ4n) is 5.50. The quantitative estimate of drug-likeness (QED) is 0.379. The van der Waals surface area contributed by atoms with Gasteiger partial charge >= 0.3 is 0 Å². The van der Waals surface area contributed by atoms with Crippen LogP contribution in [0.1, 0.15) is 37.3 Å². The zero-order valence-corrected chi connectivity index (χ0v) is 21.1. The number of carbonyl (C=O) groups is 1. The van der Waals surface area contributed by atoms with Gasteiger partial charge in [-0.2, -0.15) is 0 Å². The van der Waals surface area contributed by atoms with E-state index in [9.17, 15) is 9.18 Å². The highest BCUT2D eigenvalue weighted by molar-refractivity contribution is 5.96. The summed E-state index contributed by atoms with van der Waals surface area (Å²) in [6, 6.07) is 12.2. The predicted molar refractivity (Wildman–Crippen MR) is 138 cm³/mol. The molecule has 2 saturated heterocycles. The number of hydrogen-bond acceptors (Lipinski definition) is 6. The molecule has 2 aromatic heterocycles. The summed E-state index contributed by atoms with van der Waals surface area (Å²) >= 11 is 0. The molecular formula is C28H30FN5O3. The van der Waals surface area contributed by atoms with Gasteiger partial charge in [0.15, 0.2) is 5.58 Å². The highest BCUT2D eigenvalue weighted by Gasteiger charge is 2.37. The smallest absolute Gasteiger partial charge is 0.227 e. The van der Waals surface area contributed by atoms with Gasteiger partial charge in [-0.15, -0.1) is 0 Å². The SMILES string of the molecule is Cc1noc2ccc(-c3cn(C[C@H](C)N4CCOCC4)c([C@@H]4CCC(=O)N4c4cccc(F)c4)n3)cc12. The molecule has 4 aromatic rings. The molecular weight excluding hydrogens is 473 g/mol. The van der Waals surface area contributed by atoms with Gasteiger partial charge in [0, 0.05) is 54.9 Å². The number of morpholine rings is 1. The molecule has 0 saturated carbocycles. The zero-order valence-electron chi connectivity index (χ0n) is 21.1. The van der Waals surface area contributed by atoms with E-state index in [1.807, 2.05) is 25.1 Å². The molecule has 0 unspecified atom stereocenters. The van der Waals surface area contributed by atoms with Crippen LogP contribution in [-0.4, -0.2) is 57.9 Å². The van der Waals surface area contributed by atoms with E-state index in [2.05, 4.69) is 27.7 Å². The number of amides is 1. The molecule has 0 aliphatic carbocycles. The highest BCUT2D eigenvalue weighted by atomic mass is 19.1. The van der Waals surface area contributed by atoms with Gasteiger partial charge in [-0.25, -0.2) is 9.37 Å². The minimum atomic E-state index is -0.363. The summed E-state index contributed by atoms with van der Waals surface area (Å²) in [5, 5.41) is 5.03. The Balaban J connectivity index is 1.41. The second-order valence-corrected chi connectivity index (χ2v) is 9.91. The van der Waals surface area contributed by atoms with Gasteiger partial charge < -0.3 is 18.7 Å². The number of halogens is 1. The molecule has 1 amide bonds. The molecule has 192 valence electrons. The molecule has 2 aliphatic heterocycles. The van der Waals surface area contributed by atoms with E-state index in [1.165, 1.54) is 12.1 Å². The molecule has 0 bridgehead atoms. The van der Waals surface area contributed by atoms with Crippen LogP contribution < -0.4 is 4.90 Å². The summed E-state index contributed by atoms with van der Waals surface area (Å²) in [7, 11) is 0. The van der Waals surface area contributed by atoms with Crippen LogP contribution in [0.4, 0.5) is 10.1 Å². The Bertz CT molecular complexity index is 1440. The minimum absolute atomic E-state index is 0.0190. The highest BCUT2D eigenvalue weighted by Crippen LogP contribution is 2.38. The lowest BCUT2D eigenvalue weighted by Crippen LogP contribution is -2.44. The standard InChI is InChI=1S/C28H30FN5O3/c1-18(32-10-12-36-13-11-32)16-33-17-24(20-6-8-26-23(14-20)19(2)31-37-26)30-28(33)25-7-9-27(35)34(25)22-5-3-4-21(29)15-22/h3-6,8,14-15,17-18,25H,7,9-13,16H2,1-2H3/t18-,25-/m0/s1. The van der Waals surface area contributed by atoms with E-state index in [1.54, 1.807) is 17.0 Å². The van der Waals surface area contributed by atoms with E-state index in [0.29, 0.717) is 18.5 Å². The maximum absolute atomic E-state index is 14.1. The van der Waals surface area contributed by atoms with Crippen molar-refractivity contribution < 1.29 is 18.4 Å². The van der Waals surface area contributed by atoms with Crippen LogP contribution >= 0.6 is 0 Å². The molecule has 9 heteroatoms. The van der Waals surface area contributed by atoms with Crippen molar-refractivity contribution in [3.8, 4) is 11.3 Å². The molecule has 2 aromatic carbocycles. The Hall–Kier alpha value is -3.56. The summed E-state index contributed by atoms with van der Waals surface area (Å²) in [5.41, 5.74) is 3.91. The van der Waals surface area contributed by atoms with Crippen LogP contribution in [0.25, 0.3) is 22.2 Å². The van der Waals surface area contributed by atoms with Crippen LogP contribution in [0, 0.1) is 12.7 Å². The third kappa shape index (κ3) is 4.53. The number of carbonyl (C=O) groups excluding carboxylic acids is 1.